The average Bonchev–Trinajstić information content (AvgIpc) is 2.66. The lowest BCUT2D eigenvalue weighted by atomic mass is 10.1. The van der Waals surface area contributed by atoms with Crippen molar-refractivity contribution in [3.63, 3.8) is 0 Å². The maximum atomic E-state index is 12.8. The van der Waals surface area contributed by atoms with Crippen molar-refractivity contribution in [2.24, 2.45) is 0 Å². The molecule has 0 aliphatic heterocycles. The molecule has 0 bridgehead atoms. The van der Waals surface area contributed by atoms with Crippen LogP contribution in [0.5, 0.6) is 0 Å². The zero-order valence-corrected chi connectivity index (χ0v) is 8.63. The highest BCUT2D eigenvalue weighted by molar-refractivity contribution is 7.86. The highest BCUT2D eigenvalue weighted by Crippen LogP contribution is 2.25. The van der Waals surface area contributed by atoms with Crippen LogP contribution in [0.4, 0.5) is 8.28 Å². The van der Waals surface area contributed by atoms with E-state index in [2.05, 4.69) is 10.2 Å². The fraction of sp³-hybridized carbons (Fsp3) is 0. The number of rotatable bonds is 2. The second kappa shape index (κ2) is 3.67. The molecule has 1 heterocycles. The van der Waals surface area contributed by atoms with E-state index in [1.807, 2.05) is 0 Å². The molecule has 7 heteroatoms. The highest BCUT2D eigenvalue weighted by Gasteiger charge is 2.20. The Kier molecular flexibility index (Phi) is 2.47. The first kappa shape index (κ1) is 10.7. The standard InChI is InChI=1S/C9H6F2N2O2S/c10-7-3-1-6(2-4-7)9-8(5-12-13-9)16(11,14)15/h1-5H,(H,12,13). The van der Waals surface area contributed by atoms with Gasteiger partial charge in [-0.05, 0) is 24.3 Å². The molecule has 1 N–H and O–H groups in total. The topological polar surface area (TPSA) is 62.8 Å². The lowest BCUT2D eigenvalue weighted by molar-refractivity contribution is 0.552. The Hall–Kier alpha value is -1.76. The first-order chi connectivity index (χ1) is 7.48. The first-order valence-electron chi connectivity index (χ1n) is 4.22. The summed E-state index contributed by atoms with van der Waals surface area (Å²) >= 11 is 0. The molecule has 0 amide bonds. The van der Waals surface area contributed by atoms with Gasteiger partial charge in [-0.25, -0.2) is 4.39 Å². The molecule has 0 saturated heterocycles. The van der Waals surface area contributed by atoms with Gasteiger partial charge in [-0.3, -0.25) is 5.10 Å². The molecule has 16 heavy (non-hydrogen) atoms. The maximum Gasteiger partial charge on any atom is 0.335 e. The van der Waals surface area contributed by atoms with Gasteiger partial charge in [-0.15, -0.1) is 3.89 Å². The van der Waals surface area contributed by atoms with Crippen molar-refractivity contribution in [1.82, 2.24) is 10.2 Å². The van der Waals surface area contributed by atoms with Crippen LogP contribution in [-0.4, -0.2) is 18.6 Å². The van der Waals surface area contributed by atoms with Crippen molar-refractivity contribution in [3.8, 4) is 11.3 Å². The van der Waals surface area contributed by atoms with Gasteiger partial charge in [0.1, 0.15) is 10.7 Å². The van der Waals surface area contributed by atoms with Crippen molar-refractivity contribution in [1.29, 1.82) is 0 Å². The van der Waals surface area contributed by atoms with Crippen molar-refractivity contribution >= 4 is 10.2 Å². The molecule has 84 valence electrons. The minimum atomic E-state index is -4.84. The predicted molar refractivity (Wildman–Crippen MR) is 52.3 cm³/mol. The zero-order chi connectivity index (χ0) is 11.8. The van der Waals surface area contributed by atoms with Gasteiger partial charge in [0.2, 0.25) is 0 Å². The van der Waals surface area contributed by atoms with E-state index in [1.54, 1.807) is 0 Å². The molecule has 1 aromatic heterocycles. The third kappa shape index (κ3) is 1.94. The fourth-order valence-electron chi connectivity index (χ4n) is 1.28. The van der Waals surface area contributed by atoms with Crippen LogP contribution in [0.3, 0.4) is 0 Å². The minimum Gasteiger partial charge on any atom is -0.276 e. The zero-order valence-electron chi connectivity index (χ0n) is 7.81. The Morgan fingerprint density at radius 2 is 1.81 bits per heavy atom. The number of nitrogens with zero attached hydrogens (tertiary/aromatic N) is 1. The fourth-order valence-corrected chi connectivity index (χ4v) is 1.87. The smallest absolute Gasteiger partial charge is 0.276 e. The van der Waals surface area contributed by atoms with Crippen molar-refractivity contribution < 1.29 is 16.7 Å². The quantitative estimate of drug-likeness (QED) is 0.820. The summed E-state index contributed by atoms with van der Waals surface area (Å²) in [6, 6.07) is 4.95. The van der Waals surface area contributed by atoms with Gasteiger partial charge in [0, 0.05) is 5.56 Å². The second-order valence-corrected chi connectivity index (χ2v) is 4.37. The van der Waals surface area contributed by atoms with Gasteiger partial charge >= 0.3 is 10.2 Å². The van der Waals surface area contributed by atoms with Gasteiger partial charge in [0.15, 0.2) is 0 Å². The van der Waals surface area contributed by atoms with Gasteiger partial charge in [-0.2, -0.15) is 13.5 Å². The van der Waals surface area contributed by atoms with Crippen LogP contribution < -0.4 is 0 Å². The number of halogens is 2. The average molecular weight is 244 g/mol. The Bertz CT molecular complexity index is 605. The van der Waals surface area contributed by atoms with Crippen LogP contribution in [0.15, 0.2) is 35.4 Å². The maximum absolute atomic E-state index is 12.8. The normalized spacial score (nSPS) is 11.6. The Morgan fingerprint density at radius 3 is 2.38 bits per heavy atom. The number of hydrogen-bond donors (Lipinski definition) is 1. The third-order valence-electron chi connectivity index (χ3n) is 2.00. The number of hydrogen-bond acceptors (Lipinski definition) is 3. The van der Waals surface area contributed by atoms with Crippen LogP contribution >= 0.6 is 0 Å². The predicted octanol–water partition coefficient (Wildman–Crippen LogP) is 1.87. The molecule has 0 spiro atoms. The van der Waals surface area contributed by atoms with Crippen LogP contribution in [0.25, 0.3) is 11.3 Å². The number of H-pyrrole nitrogens is 1. The summed E-state index contributed by atoms with van der Waals surface area (Å²) in [6.07, 6.45) is 0.869. The van der Waals surface area contributed by atoms with Crippen LogP contribution in [0.1, 0.15) is 0 Å². The van der Waals surface area contributed by atoms with Gasteiger partial charge in [-0.1, -0.05) is 0 Å². The van der Waals surface area contributed by atoms with Gasteiger partial charge in [0.05, 0.1) is 11.9 Å². The van der Waals surface area contributed by atoms with E-state index in [0.717, 1.165) is 18.3 Å². The van der Waals surface area contributed by atoms with E-state index in [0.29, 0.717) is 5.56 Å². The van der Waals surface area contributed by atoms with E-state index in [9.17, 15) is 16.7 Å². The molecule has 0 atom stereocenters. The Balaban J connectivity index is 2.58. The molecule has 0 radical (unpaired) electrons. The molecule has 0 aliphatic rings. The highest BCUT2D eigenvalue weighted by atomic mass is 32.3. The number of aromatic amines is 1. The van der Waals surface area contributed by atoms with Crippen molar-refractivity contribution in [2.75, 3.05) is 0 Å². The van der Waals surface area contributed by atoms with Crippen molar-refractivity contribution in [3.05, 3.63) is 36.3 Å². The Labute approximate surface area is 90.1 Å². The van der Waals surface area contributed by atoms with Crippen LogP contribution in [0, 0.1) is 5.82 Å². The molecule has 0 fully saturated rings. The summed E-state index contributed by atoms with van der Waals surface area (Å²) in [5.74, 6) is -0.465. The molecule has 0 unspecified atom stereocenters. The minimum absolute atomic E-state index is 0.00231. The van der Waals surface area contributed by atoms with Gasteiger partial charge < -0.3 is 0 Å². The van der Waals surface area contributed by atoms with E-state index in [4.69, 9.17) is 0 Å². The number of benzene rings is 1. The van der Waals surface area contributed by atoms with Crippen LogP contribution in [-0.2, 0) is 10.2 Å². The molecule has 0 aliphatic carbocycles. The van der Waals surface area contributed by atoms with Gasteiger partial charge in [0.25, 0.3) is 0 Å². The Morgan fingerprint density at radius 1 is 1.19 bits per heavy atom. The summed E-state index contributed by atoms with van der Waals surface area (Å²) in [4.78, 5) is -0.556. The lowest BCUT2D eigenvalue weighted by Gasteiger charge is -1.99. The molecule has 1 aromatic carbocycles. The first-order valence-corrected chi connectivity index (χ1v) is 5.61. The number of aromatic nitrogens is 2. The molecule has 2 rings (SSSR count). The number of nitrogens with one attached hydrogen (secondary N) is 1. The summed E-state index contributed by atoms with van der Waals surface area (Å²) in [5, 5.41) is 5.81. The molecule has 0 saturated carbocycles. The third-order valence-corrected chi connectivity index (χ3v) is 2.84. The van der Waals surface area contributed by atoms with E-state index in [-0.39, 0.29) is 5.69 Å². The van der Waals surface area contributed by atoms with E-state index in [1.165, 1.54) is 12.1 Å². The summed E-state index contributed by atoms with van der Waals surface area (Å²) in [5.41, 5.74) is 0.345. The molecule has 4 nitrogen and oxygen atoms in total. The summed E-state index contributed by atoms with van der Waals surface area (Å²) in [7, 11) is -4.84. The largest absolute Gasteiger partial charge is 0.335 e. The summed E-state index contributed by atoms with van der Waals surface area (Å²) in [6.45, 7) is 0. The molecule has 2 aromatic rings. The SMILES string of the molecule is O=S(=O)(F)c1cn[nH]c1-c1ccc(F)cc1. The lowest BCUT2D eigenvalue weighted by Crippen LogP contribution is -1.93. The molecular weight excluding hydrogens is 238 g/mol. The van der Waals surface area contributed by atoms with E-state index < -0.39 is 20.9 Å². The van der Waals surface area contributed by atoms with E-state index >= 15 is 0 Å². The van der Waals surface area contributed by atoms with Crippen LogP contribution in [0.2, 0.25) is 0 Å². The van der Waals surface area contributed by atoms with Crippen molar-refractivity contribution in [2.45, 2.75) is 4.90 Å². The summed E-state index contributed by atoms with van der Waals surface area (Å²) < 4.78 is 47.0. The second-order valence-electron chi connectivity index (χ2n) is 3.05. The monoisotopic (exact) mass is 244 g/mol. The molecular formula is C9H6F2N2O2S.